The SMILES string of the molecule is COc1ccc(C)cc1Nc1cc(C(=O)Nc2c(C)cccc2C)ncn1. The summed E-state index contributed by atoms with van der Waals surface area (Å²) >= 11 is 0. The van der Waals surface area contributed by atoms with Gasteiger partial charge in [0.15, 0.2) is 0 Å². The lowest BCUT2D eigenvalue weighted by atomic mass is 10.1. The lowest BCUT2D eigenvalue weighted by Crippen LogP contribution is -2.16. The number of ether oxygens (including phenoxy) is 1. The maximum absolute atomic E-state index is 12.6. The van der Waals surface area contributed by atoms with E-state index in [2.05, 4.69) is 20.6 Å². The lowest BCUT2D eigenvalue weighted by Gasteiger charge is -2.13. The van der Waals surface area contributed by atoms with Gasteiger partial charge in [0.1, 0.15) is 23.6 Å². The zero-order valence-electron chi connectivity index (χ0n) is 15.8. The third-order valence-corrected chi connectivity index (χ3v) is 4.24. The van der Waals surface area contributed by atoms with Crippen molar-refractivity contribution in [2.45, 2.75) is 20.8 Å². The molecular formula is C21H22N4O2. The number of anilines is 3. The van der Waals surface area contributed by atoms with Gasteiger partial charge in [-0.1, -0.05) is 24.3 Å². The van der Waals surface area contributed by atoms with Crippen molar-refractivity contribution in [3.63, 3.8) is 0 Å². The predicted octanol–water partition coefficient (Wildman–Crippen LogP) is 4.41. The number of carbonyl (C=O) groups excluding carboxylic acids is 1. The average Bonchev–Trinajstić information content (AvgIpc) is 2.65. The molecule has 1 amide bonds. The van der Waals surface area contributed by atoms with Crippen molar-refractivity contribution in [1.82, 2.24) is 9.97 Å². The van der Waals surface area contributed by atoms with E-state index in [4.69, 9.17) is 4.74 Å². The summed E-state index contributed by atoms with van der Waals surface area (Å²) in [5, 5.41) is 6.13. The third-order valence-electron chi connectivity index (χ3n) is 4.24. The molecule has 0 radical (unpaired) electrons. The van der Waals surface area contributed by atoms with Crippen LogP contribution < -0.4 is 15.4 Å². The molecule has 0 atom stereocenters. The third kappa shape index (κ3) is 4.23. The first kappa shape index (κ1) is 18.4. The Hall–Kier alpha value is -3.41. The number of rotatable bonds is 5. The molecule has 0 aliphatic rings. The van der Waals surface area contributed by atoms with Crippen molar-refractivity contribution in [3.8, 4) is 5.75 Å². The highest BCUT2D eigenvalue weighted by Gasteiger charge is 2.13. The van der Waals surface area contributed by atoms with E-state index in [1.807, 2.05) is 57.2 Å². The molecule has 138 valence electrons. The molecule has 0 aliphatic heterocycles. The fourth-order valence-electron chi connectivity index (χ4n) is 2.80. The van der Waals surface area contributed by atoms with Crippen LogP contribution in [0.3, 0.4) is 0 Å². The Morgan fingerprint density at radius 1 is 1.00 bits per heavy atom. The number of para-hydroxylation sites is 1. The normalized spacial score (nSPS) is 10.4. The average molecular weight is 362 g/mol. The van der Waals surface area contributed by atoms with E-state index in [1.165, 1.54) is 6.33 Å². The molecule has 0 aliphatic carbocycles. The molecule has 27 heavy (non-hydrogen) atoms. The number of aryl methyl sites for hydroxylation is 3. The Bertz CT molecular complexity index is 965. The predicted molar refractivity (Wildman–Crippen MR) is 107 cm³/mol. The van der Waals surface area contributed by atoms with Crippen molar-refractivity contribution < 1.29 is 9.53 Å². The number of amides is 1. The van der Waals surface area contributed by atoms with Gasteiger partial charge in [0.25, 0.3) is 5.91 Å². The summed E-state index contributed by atoms with van der Waals surface area (Å²) in [6, 6.07) is 13.3. The molecule has 6 heteroatoms. The summed E-state index contributed by atoms with van der Waals surface area (Å²) < 4.78 is 5.37. The van der Waals surface area contributed by atoms with Gasteiger partial charge in [0.05, 0.1) is 12.8 Å². The monoisotopic (exact) mass is 362 g/mol. The highest BCUT2D eigenvalue weighted by Crippen LogP contribution is 2.28. The topological polar surface area (TPSA) is 76.1 Å². The van der Waals surface area contributed by atoms with Crippen LogP contribution in [0, 0.1) is 20.8 Å². The zero-order valence-corrected chi connectivity index (χ0v) is 15.8. The van der Waals surface area contributed by atoms with E-state index in [1.54, 1.807) is 13.2 Å². The van der Waals surface area contributed by atoms with Crippen LogP contribution in [0.5, 0.6) is 5.75 Å². The number of hydrogen-bond donors (Lipinski definition) is 2. The molecule has 2 N–H and O–H groups in total. The minimum atomic E-state index is -0.283. The molecule has 1 aromatic heterocycles. The molecule has 0 bridgehead atoms. The Morgan fingerprint density at radius 2 is 1.74 bits per heavy atom. The van der Waals surface area contributed by atoms with Crippen molar-refractivity contribution in [2.24, 2.45) is 0 Å². The minimum Gasteiger partial charge on any atom is -0.495 e. The van der Waals surface area contributed by atoms with Crippen LogP contribution in [0.2, 0.25) is 0 Å². The Kier molecular flexibility index (Phi) is 5.35. The number of nitrogens with zero attached hydrogens (tertiary/aromatic N) is 2. The fourth-order valence-corrected chi connectivity index (χ4v) is 2.80. The summed E-state index contributed by atoms with van der Waals surface area (Å²) in [6.45, 7) is 5.91. The van der Waals surface area contributed by atoms with Crippen molar-refractivity contribution in [2.75, 3.05) is 17.7 Å². The van der Waals surface area contributed by atoms with Gasteiger partial charge in [-0.05, 0) is 49.6 Å². The van der Waals surface area contributed by atoms with E-state index in [0.717, 1.165) is 28.1 Å². The summed E-state index contributed by atoms with van der Waals surface area (Å²) in [5.74, 6) is 0.926. The highest BCUT2D eigenvalue weighted by molar-refractivity contribution is 6.04. The molecule has 0 saturated carbocycles. The Labute approximate surface area is 158 Å². The van der Waals surface area contributed by atoms with E-state index < -0.39 is 0 Å². The second-order valence-electron chi connectivity index (χ2n) is 6.34. The zero-order chi connectivity index (χ0) is 19.4. The quantitative estimate of drug-likeness (QED) is 0.703. The first-order chi connectivity index (χ1) is 13.0. The largest absolute Gasteiger partial charge is 0.495 e. The lowest BCUT2D eigenvalue weighted by molar-refractivity contribution is 0.102. The van der Waals surface area contributed by atoms with E-state index in [-0.39, 0.29) is 11.6 Å². The van der Waals surface area contributed by atoms with Crippen molar-refractivity contribution >= 4 is 23.1 Å². The second kappa shape index (κ2) is 7.86. The van der Waals surface area contributed by atoms with Gasteiger partial charge in [-0.3, -0.25) is 4.79 Å². The first-order valence-corrected chi connectivity index (χ1v) is 8.59. The fraction of sp³-hybridized carbons (Fsp3) is 0.190. The number of hydrogen-bond acceptors (Lipinski definition) is 5. The van der Waals surface area contributed by atoms with Gasteiger partial charge in [-0.25, -0.2) is 9.97 Å². The van der Waals surface area contributed by atoms with Gasteiger partial charge in [-0.2, -0.15) is 0 Å². The van der Waals surface area contributed by atoms with E-state index in [0.29, 0.717) is 11.6 Å². The van der Waals surface area contributed by atoms with Gasteiger partial charge < -0.3 is 15.4 Å². The second-order valence-corrected chi connectivity index (χ2v) is 6.34. The number of carbonyl (C=O) groups is 1. The molecule has 0 unspecified atom stereocenters. The maximum atomic E-state index is 12.6. The van der Waals surface area contributed by atoms with Crippen LogP contribution in [0.25, 0.3) is 0 Å². The number of nitrogens with one attached hydrogen (secondary N) is 2. The molecule has 3 rings (SSSR count). The number of benzene rings is 2. The maximum Gasteiger partial charge on any atom is 0.274 e. The molecule has 6 nitrogen and oxygen atoms in total. The van der Waals surface area contributed by atoms with Crippen LogP contribution in [0.15, 0.2) is 48.8 Å². The van der Waals surface area contributed by atoms with Crippen LogP contribution in [0.4, 0.5) is 17.2 Å². The summed E-state index contributed by atoms with van der Waals surface area (Å²) in [7, 11) is 1.61. The van der Waals surface area contributed by atoms with Gasteiger partial charge in [0, 0.05) is 11.8 Å². The van der Waals surface area contributed by atoms with Crippen LogP contribution in [-0.4, -0.2) is 23.0 Å². The van der Waals surface area contributed by atoms with Crippen LogP contribution in [0.1, 0.15) is 27.2 Å². The van der Waals surface area contributed by atoms with Gasteiger partial charge in [0.2, 0.25) is 0 Å². The molecule has 0 fully saturated rings. The standard InChI is InChI=1S/C21H22N4O2/c1-13-8-9-18(27-4)16(10-13)24-19-11-17(22-12-23-19)21(26)25-20-14(2)6-5-7-15(20)3/h5-12H,1-4H3,(H,25,26)(H,22,23,24). The van der Waals surface area contributed by atoms with Crippen LogP contribution in [-0.2, 0) is 0 Å². The molecule has 0 spiro atoms. The van der Waals surface area contributed by atoms with Gasteiger partial charge in [-0.15, -0.1) is 0 Å². The molecule has 3 aromatic rings. The summed E-state index contributed by atoms with van der Waals surface area (Å²) in [5.41, 5.74) is 4.94. The van der Waals surface area contributed by atoms with Crippen LogP contribution >= 0.6 is 0 Å². The van der Waals surface area contributed by atoms with Crippen molar-refractivity contribution in [1.29, 1.82) is 0 Å². The Morgan fingerprint density at radius 3 is 2.44 bits per heavy atom. The van der Waals surface area contributed by atoms with Gasteiger partial charge >= 0.3 is 0 Å². The smallest absolute Gasteiger partial charge is 0.274 e. The van der Waals surface area contributed by atoms with E-state index in [9.17, 15) is 4.79 Å². The Balaban J connectivity index is 1.83. The molecule has 2 aromatic carbocycles. The molecule has 1 heterocycles. The summed E-state index contributed by atoms with van der Waals surface area (Å²) in [4.78, 5) is 21.0. The number of aromatic nitrogens is 2. The summed E-state index contributed by atoms with van der Waals surface area (Å²) in [6.07, 6.45) is 1.37. The number of methoxy groups -OCH3 is 1. The highest BCUT2D eigenvalue weighted by atomic mass is 16.5. The van der Waals surface area contributed by atoms with E-state index >= 15 is 0 Å². The first-order valence-electron chi connectivity index (χ1n) is 8.59. The molecule has 0 saturated heterocycles. The molecular weight excluding hydrogens is 340 g/mol. The van der Waals surface area contributed by atoms with Crippen molar-refractivity contribution in [3.05, 3.63) is 71.2 Å². The minimum absolute atomic E-state index is 0.279.